The summed E-state index contributed by atoms with van der Waals surface area (Å²) < 4.78 is 2.08. The SMILES string of the molecule is CCn1nc(C)cc1CNCC1CC1(C)C. The zero-order valence-corrected chi connectivity index (χ0v) is 10.9. The summed E-state index contributed by atoms with van der Waals surface area (Å²) in [6.07, 6.45) is 1.37. The standard InChI is InChI=1S/C13H23N3/c1-5-16-12(6-10(2)15-16)9-14-8-11-7-13(11,3)4/h6,11,14H,5,7-9H2,1-4H3. The molecule has 0 radical (unpaired) electrons. The van der Waals surface area contributed by atoms with Crippen molar-refractivity contribution in [2.75, 3.05) is 6.54 Å². The van der Waals surface area contributed by atoms with E-state index in [4.69, 9.17) is 0 Å². The average Bonchev–Trinajstić information content (AvgIpc) is 2.67. The minimum Gasteiger partial charge on any atom is -0.311 e. The number of nitrogens with zero attached hydrogens (tertiary/aromatic N) is 2. The van der Waals surface area contributed by atoms with Gasteiger partial charge in [0.15, 0.2) is 0 Å². The highest BCUT2D eigenvalue weighted by Gasteiger charge is 2.44. The Balaban J connectivity index is 1.81. The van der Waals surface area contributed by atoms with Crippen LogP contribution in [0.1, 0.15) is 38.6 Å². The van der Waals surface area contributed by atoms with Crippen molar-refractivity contribution in [1.82, 2.24) is 15.1 Å². The zero-order valence-electron chi connectivity index (χ0n) is 10.9. The van der Waals surface area contributed by atoms with Crippen LogP contribution in [-0.4, -0.2) is 16.3 Å². The highest BCUT2D eigenvalue weighted by atomic mass is 15.3. The lowest BCUT2D eigenvalue weighted by Crippen LogP contribution is -2.20. The normalized spacial score (nSPS) is 22.4. The fraction of sp³-hybridized carbons (Fsp3) is 0.769. The quantitative estimate of drug-likeness (QED) is 0.827. The maximum atomic E-state index is 4.45. The summed E-state index contributed by atoms with van der Waals surface area (Å²) in [6, 6.07) is 2.18. The van der Waals surface area contributed by atoms with Gasteiger partial charge in [0.05, 0.1) is 11.4 Å². The van der Waals surface area contributed by atoms with Gasteiger partial charge in [-0.15, -0.1) is 0 Å². The van der Waals surface area contributed by atoms with Crippen molar-refractivity contribution < 1.29 is 0 Å². The minimum atomic E-state index is 0.577. The van der Waals surface area contributed by atoms with Crippen LogP contribution in [0.25, 0.3) is 0 Å². The van der Waals surface area contributed by atoms with E-state index in [0.29, 0.717) is 5.41 Å². The van der Waals surface area contributed by atoms with Crippen molar-refractivity contribution in [3.8, 4) is 0 Å². The molecule has 0 bridgehead atoms. The Morgan fingerprint density at radius 3 is 2.81 bits per heavy atom. The molecule has 0 saturated heterocycles. The summed E-state index contributed by atoms with van der Waals surface area (Å²) in [6.45, 7) is 11.9. The molecule has 1 fully saturated rings. The van der Waals surface area contributed by atoms with E-state index in [1.54, 1.807) is 0 Å². The molecular formula is C13H23N3. The fourth-order valence-electron chi connectivity index (χ4n) is 2.31. The molecule has 3 heteroatoms. The highest BCUT2D eigenvalue weighted by molar-refractivity contribution is 5.09. The second kappa shape index (κ2) is 4.21. The van der Waals surface area contributed by atoms with Crippen LogP contribution >= 0.6 is 0 Å². The molecule has 0 aromatic carbocycles. The first kappa shape index (κ1) is 11.6. The van der Waals surface area contributed by atoms with Gasteiger partial charge in [-0.1, -0.05) is 13.8 Å². The van der Waals surface area contributed by atoms with Gasteiger partial charge in [0.2, 0.25) is 0 Å². The van der Waals surface area contributed by atoms with Crippen LogP contribution in [0.2, 0.25) is 0 Å². The second-order valence-electron chi connectivity index (χ2n) is 5.61. The van der Waals surface area contributed by atoms with Crippen molar-refractivity contribution >= 4 is 0 Å². The van der Waals surface area contributed by atoms with Crippen LogP contribution < -0.4 is 5.32 Å². The number of nitrogens with one attached hydrogen (secondary N) is 1. The molecular weight excluding hydrogens is 198 g/mol. The van der Waals surface area contributed by atoms with E-state index in [9.17, 15) is 0 Å². The Hall–Kier alpha value is -0.830. The molecule has 1 unspecified atom stereocenters. The van der Waals surface area contributed by atoms with E-state index >= 15 is 0 Å². The van der Waals surface area contributed by atoms with Crippen LogP contribution in [0.5, 0.6) is 0 Å². The van der Waals surface area contributed by atoms with E-state index in [2.05, 4.69) is 48.9 Å². The molecule has 1 atom stereocenters. The predicted molar refractivity (Wildman–Crippen MR) is 66.2 cm³/mol. The van der Waals surface area contributed by atoms with Crippen molar-refractivity contribution in [3.05, 3.63) is 17.5 Å². The Labute approximate surface area is 98.2 Å². The molecule has 0 spiro atoms. The van der Waals surface area contributed by atoms with Crippen LogP contribution in [0, 0.1) is 18.3 Å². The van der Waals surface area contributed by atoms with Crippen molar-refractivity contribution in [2.45, 2.75) is 47.2 Å². The highest BCUT2D eigenvalue weighted by Crippen LogP contribution is 2.50. The maximum absolute atomic E-state index is 4.45. The molecule has 1 aromatic heterocycles. The summed E-state index contributed by atoms with van der Waals surface area (Å²) in [4.78, 5) is 0. The summed E-state index contributed by atoms with van der Waals surface area (Å²) >= 11 is 0. The first-order chi connectivity index (χ1) is 7.53. The maximum Gasteiger partial charge on any atom is 0.0597 e. The largest absolute Gasteiger partial charge is 0.311 e. The average molecular weight is 221 g/mol. The number of aryl methyl sites for hydroxylation is 2. The Morgan fingerprint density at radius 1 is 1.56 bits per heavy atom. The van der Waals surface area contributed by atoms with Gasteiger partial charge in [-0.25, -0.2) is 0 Å². The lowest BCUT2D eigenvalue weighted by atomic mass is 10.1. The topological polar surface area (TPSA) is 29.9 Å². The van der Waals surface area contributed by atoms with Gasteiger partial charge in [-0.05, 0) is 44.2 Å². The summed E-state index contributed by atoms with van der Waals surface area (Å²) in [7, 11) is 0. The van der Waals surface area contributed by atoms with E-state index in [1.165, 1.54) is 12.1 Å². The van der Waals surface area contributed by atoms with Crippen LogP contribution in [-0.2, 0) is 13.1 Å². The third-order valence-electron chi connectivity index (χ3n) is 3.70. The van der Waals surface area contributed by atoms with E-state index in [1.807, 2.05) is 0 Å². The smallest absolute Gasteiger partial charge is 0.0597 e. The molecule has 0 amide bonds. The first-order valence-electron chi connectivity index (χ1n) is 6.27. The Bertz CT molecular complexity index is 365. The van der Waals surface area contributed by atoms with Crippen molar-refractivity contribution in [1.29, 1.82) is 0 Å². The predicted octanol–water partition coefficient (Wildman–Crippen LogP) is 2.35. The van der Waals surface area contributed by atoms with Crippen LogP contribution in [0.15, 0.2) is 6.07 Å². The fourth-order valence-corrected chi connectivity index (χ4v) is 2.31. The van der Waals surface area contributed by atoms with Gasteiger partial charge in [-0.2, -0.15) is 5.10 Å². The monoisotopic (exact) mass is 221 g/mol. The molecule has 16 heavy (non-hydrogen) atoms. The summed E-state index contributed by atoms with van der Waals surface area (Å²) in [5.41, 5.74) is 3.00. The molecule has 0 aliphatic heterocycles. The molecule has 1 saturated carbocycles. The molecule has 1 heterocycles. The number of hydrogen-bond donors (Lipinski definition) is 1. The van der Waals surface area contributed by atoms with Gasteiger partial charge >= 0.3 is 0 Å². The molecule has 90 valence electrons. The minimum absolute atomic E-state index is 0.577. The second-order valence-corrected chi connectivity index (χ2v) is 5.61. The molecule has 1 aliphatic carbocycles. The summed E-state index contributed by atoms with van der Waals surface area (Å²) in [5, 5.41) is 7.99. The molecule has 1 aromatic rings. The zero-order chi connectivity index (χ0) is 11.8. The van der Waals surface area contributed by atoms with Crippen molar-refractivity contribution in [2.24, 2.45) is 11.3 Å². The Morgan fingerprint density at radius 2 is 2.25 bits per heavy atom. The van der Waals surface area contributed by atoms with E-state index in [0.717, 1.165) is 31.2 Å². The van der Waals surface area contributed by atoms with Crippen molar-refractivity contribution in [3.63, 3.8) is 0 Å². The number of hydrogen-bond acceptors (Lipinski definition) is 2. The third kappa shape index (κ3) is 2.46. The van der Waals surface area contributed by atoms with Gasteiger partial charge < -0.3 is 5.32 Å². The van der Waals surface area contributed by atoms with Gasteiger partial charge in [-0.3, -0.25) is 4.68 Å². The molecule has 1 N–H and O–H groups in total. The summed E-state index contributed by atoms with van der Waals surface area (Å²) in [5.74, 6) is 0.867. The lowest BCUT2D eigenvalue weighted by Gasteiger charge is -2.07. The van der Waals surface area contributed by atoms with Gasteiger partial charge in [0, 0.05) is 13.1 Å². The third-order valence-corrected chi connectivity index (χ3v) is 3.70. The lowest BCUT2D eigenvalue weighted by molar-refractivity contribution is 0.506. The van der Waals surface area contributed by atoms with E-state index < -0.39 is 0 Å². The molecule has 3 nitrogen and oxygen atoms in total. The van der Waals surface area contributed by atoms with Gasteiger partial charge in [0.1, 0.15) is 0 Å². The van der Waals surface area contributed by atoms with Gasteiger partial charge in [0.25, 0.3) is 0 Å². The first-order valence-corrected chi connectivity index (χ1v) is 6.27. The number of aromatic nitrogens is 2. The van der Waals surface area contributed by atoms with Crippen LogP contribution in [0.3, 0.4) is 0 Å². The van der Waals surface area contributed by atoms with Crippen LogP contribution in [0.4, 0.5) is 0 Å². The van der Waals surface area contributed by atoms with E-state index in [-0.39, 0.29) is 0 Å². The molecule has 1 aliphatic rings. The Kier molecular flexibility index (Phi) is 3.06. The molecule has 2 rings (SSSR count). The number of rotatable bonds is 5.